The lowest BCUT2D eigenvalue weighted by molar-refractivity contribution is -0.167. The summed E-state index contributed by atoms with van der Waals surface area (Å²) in [5, 5.41) is 20.4. The van der Waals surface area contributed by atoms with Gasteiger partial charge in [-0.2, -0.15) is 0 Å². The molecule has 4 nitrogen and oxygen atoms in total. The van der Waals surface area contributed by atoms with Crippen molar-refractivity contribution >= 4 is 5.97 Å². The molecular weight excluding hydrogens is 280 g/mol. The van der Waals surface area contributed by atoms with Crippen molar-refractivity contribution in [3.63, 3.8) is 0 Å². The zero-order valence-corrected chi connectivity index (χ0v) is 14.5. The van der Waals surface area contributed by atoms with Gasteiger partial charge in [-0.05, 0) is 19.4 Å². The van der Waals surface area contributed by atoms with E-state index in [0.29, 0.717) is 6.42 Å². The number of unbranched alkanes of at least 4 members (excludes halogenated alkanes) is 8. The van der Waals surface area contributed by atoms with Gasteiger partial charge in [0, 0.05) is 0 Å². The van der Waals surface area contributed by atoms with Gasteiger partial charge >= 0.3 is 5.97 Å². The number of carbonyl (C=O) groups is 1. The molecule has 0 aromatic heterocycles. The first-order chi connectivity index (χ1) is 10.5. The van der Waals surface area contributed by atoms with Gasteiger partial charge in [-0.1, -0.05) is 70.8 Å². The number of hydrogen-bond donors (Lipinski definition) is 2. The first-order valence-electron chi connectivity index (χ1n) is 8.65. The molecule has 2 atom stereocenters. The molecular formula is C18H34O4. The third kappa shape index (κ3) is 7.95. The molecule has 0 aromatic carbocycles. The van der Waals surface area contributed by atoms with Crippen molar-refractivity contribution in [3.8, 4) is 0 Å². The molecule has 130 valence electrons. The summed E-state index contributed by atoms with van der Waals surface area (Å²) in [5.74, 6) is -0.811. The minimum Gasteiger partial charge on any atom is -0.467 e. The second-order valence-corrected chi connectivity index (χ2v) is 5.95. The van der Waals surface area contributed by atoms with Crippen molar-refractivity contribution < 1.29 is 19.7 Å². The van der Waals surface area contributed by atoms with Crippen LogP contribution < -0.4 is 0 Å². The van der Waals surface area contributed by atoms with Crippen LogP contribution in [0.25, 0.3) is 0 Å². The van der Waals surface area contributed by atoms with Crippen LogP contribution in [0, 0.1) is 0 Å². The van der Waals surface area contributed by atoms with E-state index in [1.165, 1.54) is 51.7 Å². The molecule has 0 aromatic rings. The van der Waals surface area contributed by atoms with Crippen LogP contribution in [0.3, 0.4) is 0 Å². The van der Waals surface area contributed by atoms with Crippen LogP contribution in [0.5, 0.6) is 0 Å². The second kappa shape index (κ2) is 12.7. The standard InChI is InChI=1S/C18H34O4/c1-4-6-7-8-9-10-11-12-13-14-16(19)18(21,15-5-2)17(20)22-3/h5,15-16,19,21H,4,6-14H2,1-3H3/b15-5+/t16-,18-/m0/s1. The van der Waals surface area contributed by atoms with Gasteiger partial charge in [0.1, 0.15) is 0 Å². The Balaban J connectivity index is 3.91. The Morgan fingerprint density at radius 1 is 1.09 bits per heavy atom. The van der Waals surface area contributed by atoms with Gasteiger partial charge in [0.2, 0.25) is 5.60 Å². The molecule has 2 N–H and O–H groups in total. The Bertz CT molecular complexity index is 314. The highest BCUT2D eigenvalue weighted by Crippen LogP contribution is 2.21. The van der Waals surface area contributed by atoms with Gasteiger partial charge in [0.05, 0.1) is 13.2 Å². The van der Waals surface area contributed by atoms with E-state index in [9.17, 15) is 15.0 Å². The number of carbonyl (C=O) groups excluding carboxylic acids is 1. The first-order valence-corrected chi connectivity index (χ1v) is 8.65. The van der Waals surface area contributed by atoms with Crippen LogP contribution in [0.15, 0.2) is 12.2 Å². The number of rotatable bonds is 13. The van der Waals surface area contributed by atoms with Crippen molar-refractivity contribution in [1.82, 2.24) is 0 Å². The van der Waals surface area contributed by atoms with Crippen LogP contribution in [0.4, 0.5) is 0 Å². The van der Waals surface area contributed by atoms with Crippen LogP contribution in [0.1, 0.15) is 78.1 Å². The second-order valence-electron chi connectivity index (χ2n) is 5.95. The largest absolute Gasteiger partial charge is 0.467 e. The predicted octanol–water partition coefficient (Wildman–Crippen LogP) is 3.75. The summed E-state index contributed by atoms with van der Waals surface area (Å²) in [6.45, 7) is 3.91. The van der Waals surface area contributed by atoms with Crippen LogP contribution >= 0.6 is 0 Å². The quantitative estimate of drug-likeness (QED) is 0.309. The van der Waals surface area contributed by atoms with Crippen molar-refractivity contribution in [2.75, 3.05) is 7.11 Å². The molecule has 0 unspecified atom stereocenters. The van der Waals surface area contributed by atoms with Gasteiger partial charge in [0.15, 0.2) is 0 Å². The molecule has 0 bridgehead atoms. The van der Waals surface area contributed by atoms with E-state index in [0.717, 1.165) is 19.3 Å². The number of allylic oxidation sites excluding steroid dienone is 1. The topological polar surface area (TPSA) is 66.8 Å². The SMILES string of the molecule is C/C=C/[C@@](O)(C(=O)OC)[C@@H](O)CCCCCCCCCCC. The molecule has 0 heterocycles. The number of aliphatic hydroxyl groups is 2. The fourth-order valence-corrected chi connectivity index (χ4v) is 2.60. The third-order valence-corrected chi connectivity index (χ3v) is 4.02. The highest BCUT2D eigenvalue weighted by Gasteiger charge is 2.41. The summed E-state index contributed by atoms with van der Waals surface area (Å²) in [7, 11) is 1.21. The van der Waals surface area contributed by atoms with Gasteiger partial charge in [-0.3, -0.25) is 0 Å². The highest BCUT2D eigenvalue weighted by molar-refractivity contribution is 5.82. The molecule has 0 amide bonds. The molecule has 0 rings (SSSR count). The molecule has 0 fully saturated rings. The van der Waals surface area contributed by atoms with Crippen LogP contribution in [-0.2, 0) is 9.53 Å². The van der Waals surface area contributed by atoms with E-state index in [2.05, 4.69) is 11.7 Å². The molecule has 4 heteroatoms. The summed E-state index contributed by atoms with van der Waals surface area (Å²) in [5.41, 5.74) is -1.93. The minimum absolute atomic E-state index is 0.395. The van der Waals surface area contributed by atoms with Gasteiger partial charge in [-0.25, -0.2) is 4.79 Å². The van der Waals surface area contributed by atoms with E-state index in [-0.39, 0.29) is 0 Å². The molecule has 0 aliphatic heterocycles. The average Bonchev–Trinajstić information content (AvgIpc) is 2.52. The van der Waals surface area contributed by atoms with Crippen molar-refractivity contribution in [1.29, 1.82) is 0 Å². The summed E-state index contributed by atoms with van der Waals surface area (Å²) >= 11 is 0. The fraction of sp³-hybridized carbons (Fsp3) is 0.833. The van der Waals surface area contributed by atoms with E-state index in [4.69, 9.17) is 0 Å². The maximum atomic E-state index is 11.6. The smallest absolute Gasteiger partial charge is 0.344 e. The lowest BCUT2D eigenvalue weighted by Gasteiger charge is -2.27. The summed E-state index contributed by atoms with van der Waals surface area (Å²) in [6.07, 6.45) is 12.8. The molecule has 0 saturated heterocycles. The van der Waals surface area contributed by atoms with Gasteiger partial charge in [0.25, 0.3) is 0 Å². The molecule has 0 spiro atoms. The monoisotopic (exact) mass is 314 g/mol. The number of hydrogen-bond acceptors (Lipinski definition) is 4. The highest BCUT2D eigenvalue weighted by atomic mass is 16.5. The zero-order chi connectivity index (χ0) is 16.8. The summed E-state index contributed by atoms with van der Waals surface area (Å²) < 4.78 is 4.58. The van der Waals surface area contributed by atoms with Crippen LogP contribution in [0.2, 0.25) is 0 Å². The van der Waals surface area contributed by atoms with E-state index in [1.807, 2.05) is 0 Å². The predicted molar refractivity (Wildman–Crippen MR) is 89.6 cm³/mol. The Morgan fingerprint density at radius 2 is 1.59 bits per heavy atom. The fourth-order valence-electron chi connectivity index (χ4n) is 2.60. The van der Waals surface area contributed by atoms with E-state index in [1.54, 1.807) is 13.0 Å². The van der Waals surface area contributed by atoms with Gasteiger partial charge in [-0.15, -0.1) is 0 Å². The average molecular weight is 314 g/mol. The molecule has 0 aliphatic rings. The van der Waals surface area contributed by atoms with Gasteiger partial charge < -0.3 is 14.9 Å². The number of methoxy groups -OCH3 is 1. The first kappa shape index (κ1) is 21.1. The molecule has 0 saturated carbocycles. The maximum absolute atomic E-state index is 11.6. The van der Waals surface area contributed by atoms with Crippen molar-refractivity contribution in [2.24, 2.45) is 0 Å². The lowest BCUT2D eigenvalue weighted by atomic mass is 9.91. The number of ether oxygens (including phenoxy) is 1. The molecule has 22 heavy (non-hydrogen) atoms. The Labute approximate surface area is 135 Å². The van der Waals surface area contributed by atoms with E-state index >= 15 is 0 Å². The maximum Gasteiger partial charge on any atom is 0.344 e. The van der Waals surface area contributed by atoms with Crippen molar-refractivity contribution in [2.45, 2.75) is 89.8 Å². The normalized spacial score (nSPS) is 15.7. The minimum atomic E-state index is -1.93. The summed E-state index contributed by atoms with van der Waals surface area (Å²) in [4.78, 5) is 11.6. The third-order valence-electron chi connectivity index (χ3n) is 4.02. The summed E-state index contributed by atoms with van der Waals surface area (Å²) in [6, 6.07) is 0. The van der Waals surface area contributed by atoms with Crippen LogP contribution in [-0.4, -0.2) is 35.0 Å². The lowest BCUT2D eigenvalue weighted by Crippen LogP contribution is -2.48. The Kier molecular flexibility index (Phi) is 12.2. The molecule has 0 radical (unpaired) electrons. The number of esters is 1. The Morgan fingerprint density at radius 3 is 2.05 bits per heavy atom. The van der Waals surface area contributed by atoms with Crippen molar-refractivity contribution in [3.05, 3.63) is 12.2 Å². The zero-order valence-electron chi connectivity index (χ0n) is 14.5. The number of aliphatic hydroxyl groups excluding tert-OH is 1. The van der Waals surface area contributed by atoms with E-state index < -0.39 is 17.7 Å². The molecule has 0 aliphatic carbocycles. The Hall–Kier alpha value is -0.870.